The highest BCUT2D eigenvalue weighted by Gasteiger charge is 2.26. The molecule has 0 radical (unpaired) electrons. The first-order valence-electron chi connectivity index (χ1n) is 19.0. The number of phosphoric acid groups is 1. The van der Waals surface area contributed by atoms with Gasteiger partial charge in [-0.1, -0.05) is 117 Å². The molecule has 1 N–H and O–H groups in total. The maximum Gasteiger partial charge on any atom is 0.472 e. The normalized spacial score (nSPS) is 15.0. The van der Waals surface area contributed by atoms with Crippen LogP contribution in [0.2, 0.25) is 0 Å². The number of ether oxygens (including phenoxy) is 2. The lowest BCUT2D eigenvalue weighted by atomic mass is 10.2. The van der Waals surface area contributed by atoms with E-state index in [0.717, 1.165) is 77.0 Å². The summed E-state index contributed by atoms with van der Waals surface area (Å²) in [5.41, 5.74) is 0. The molecule has 0 heterocycles. The van der Waals surface area contributed by atoms with Gasteiger partial charge in [0.1, 0.15) is 19.3 Å². The number of likely N-dealkylation sites (N-methyl/N-ethyl adjacent to an activating group) is 1. The van der Waals surface area contributed by atoms with Gasteiger partial charge in [-0.3, -0.25) is 13.8 Å². The number of carbonyl (C=O) groups is 1. The van der Waals surface area contributed by atoms with Crippen LogP contribution in [-0.4, -0.2) is 75.6 Å². The summed E-state index contributed by atoms with van der Waals surface area (Å²) in [5.74, 6) is -0.411. The van der Waals surface area contributed by atoms with Gasteiger partial charge in [0.15, 0.2) is 0 Å². The topological polar surface area (TPSA) is 91.3 Å². The summed E-state index contributed by atoms with van der Waals surface area (Å²) in [7, 11) is 1.58. The van der Waals surface area contributed by atoms with E-state index in [9.17, 15) is 14.3 Å². The lowest BCUT2D eigenvalue weighted by Crippen LogP contribution is -2.37. The average Bonchev–Trinajstić information content (AvgIpc) is 3.08. The second kappa shape index (κ2) is 34.5. The molecule has 0 aromatic heterocycles. The van der Waals surface area contributed by atoms with Crippen LogP contribution in [0.25, 0.3) is 0 Å². The Kier molecular flexibility index (Phi) is 32.8. The first-order chi connectivity index (χ1) is 24.6. The summed E-state index contributed by atoms with van der Waals surface area (Å²) >= 11 is 0. The highest BCUT2D eigenvalue weighted by Crippen LogP contribution is 2.43. The molecule has 0 aliphatic heterocycles. The van der Waals surface area contributed by atoms with E-state index in [-0.39, 0.29) is 26.2 Å². The summed E-state index contributed by atoms with van der Waals surface area (Å²) < 4.78 is 34.7. The molecule has 290 valence electrons. The van der Waals surface area contributed by atoms with E-state index in [4.69, 9.17) is 18.5 Å². The average molecular weight is 733 g/mol. The van der Waals surface area contributed by atoms with E-state index in [0.29, 0.717) is 24.1 Å². The van der Waals surface area contributed by atoms with Crippen molar-refractivity contribution >= 4 is 13.8 Å². The van der Waals surface area contributed by atoms with Gasteiger partial charge in [0.05, 0.1) is 34.4 Å². The largest absolute Gasteiger partial charge is 0.472 e. The lowest BCUT2D eigenvalue weighted by molar-refractivity contribution is -0.870. The molecular formula is C42H71NO7P+. The maximum atomic E-state index is 12.6. The first kappa shape index (κ1) is 48.4. The van der Waals surface area contributed by atoms with Gasteiger partial charge in [-0.05, 0) is 77.0 Å². The second-order valence-electron chi connectivity index (χ2n) is 13.2. The first-order valence-corrected chi connectivity index (χ1v) is 20.5. The number of unbranched alkanes of at least 4 members (excludes halogenated alkanes) is 3. The SMILES string of the molecule is CC/C=C\C/C=C\C/C=C\C/C=C\CCCCCOCC(COP(=O)(O)OCC[N+](C)(C)C)OC(=O)CC/C=C\C/C=C\C/C=C\C/C=C\CC. The molecule has 0 aliphatic carbocycles. The monoisotopic (exact) mass is 732 g/mol. The van der Waals surface area contributed by atoms with Crippen molar-refractivity contribution in [3.63, 3.8) is 0 Å². The molecule has 0 rings (SSSR count). The van der Waals surface area contributed by atoms with Crippen molar-refractivity contribution in [2.75, 3.05) is 54.1 Å². The number of carbonyl (C=O) groups excluding carboxylic acids is 1. The van der Waals surface area contributed by atoms with Crippen molar-refractivity contribution in [2.24, 2.45) is 0 Å². The molecule has 0 spiro atoms. The predicted octanol–water partition coefficient (Wildman–Crippen LogP) is 10.7. The number of allylic oxidation sites excluding steroid dienone is 16. The number of phosphoric ester groups is 1. The zero-order valence-corrected chi connectivity index (χ0v) is 33.4. The minimum Gasteiger partial charge on any atom is -0.457 e. The smallest absolute Gasteiger partial charge is 0.457 e. The van der Waals surface area contributed by atoms with Crippen LogP contribution in [0.15, 0.2) is 97.2 Å². The third-order valence-electron chi connectivity index (χ3n) is 7.15. The third-order valence-corrected chi connectivity index (χ3v) is 8.14. The van der Waals surface area contributed by atoms with Crippen molar-refractivity contribution < 1.29 is 37.3 Å². The molecule has 2 unspecified atom stereocenters. The molecule has 51 heavy (non-hydrogen) atoms. The number of hydrogen-bond donors (Lipinski definition) is 1. The molecule has 8 nitrogen and oxygen atoms in total. The zero-order chi connectivity index (χ0) is 37.7. The van der Waals surface area contributed by atoms with Crippen LogP contribution in [0.3, 0.4) is 0 Å². The Hall–Kier alpha value is -2.58. The summed E-state index contributed by atoms with van der Waals surface area (Å²) in [4.78, 5) is 22.7. The van der Waals surface area contributed by atoms with Crippen LogP contribution in [0.1, 0.15) is 104 Å². The molecule has 2 atom stereocenters. The van der Waals surface area contributed by atoms with Crippen LogP contribution in [0.5, 0.6) is 0 Å². The summed E-state index contributed by atoms with van der Waals surface area (Å²) in [6.07, 6.45) is 46.1. The van der Waals surface area contributed by atoms with Gasteiger partial charge >= 0.3 is 13.8 Å². The van der Waals surface area contributed by atoms with Crippen molar-refractivity contribution in [2.45, 2.75) is 110 Å². The highest BCUT2D eigenvalue weighted by atomic mass is 31.2. The minimum absolute atomic E-state index is 0.0635. The number of nitrogens with zero attached hydrogens (tertiary/aromatic N) is 1. The Labute approximate surface area is 311 Å². The van der Waals surface area contributed by atoms with Gasteiger partial charge in [0.25, 0.3) is 0 Å². The van der Waals surface area contributed by atoms with Gasteiger partial charge in [-0.25, -0.2) is 4.57 Å². The molecule has 0 aromatic rings. The van der Waals surface area contributed by atoms with Gasteiger partial charge < -0.3 is 18.9 Å². The van der Waals surface area contributed by atoms with E-state index in [1.54, 1.807) is 0 Å². The highest BCUT2D eigenvalue weighted by molar-refractivity contribution is 7.47. The van der Waals surface area contributed by atoms with E-state index >= 15 is 0 Å². The molecule has 0 bridgehead atoms. The van der Waals surface area contributed by atoms with Crippen LogP contribution in [0.4, 0.5) is 0 Å². The quantitative estimate of drug-likeness (QED) is 0.0236. The fourth-order valence-electron chi connectivity index (χ4n) is 4.26. The summed E-state index contributed by atoms with van der Waals surface area (Å²) in [5, 5.41) is 0. The number of esters is 1. The van der Waals surface area contributed by atoms with E-state index in [1.165, 1.54) is 0 Å². The van der Waals surface area contributed by atoms with Crippen LogP contribution >= 0.6 is 7.82 Å². The lowest BCUT2D eigenvalue weighted by Gasteiger charge is -2.24. The molecule has 0 amide bonds. The van der Waals surface area contributed by atoms with Crippen LogP contribution < -0.4 is 0 Å². The molecule has 9 heteroatoms. The molecule has 0 saturated heterocycles. The van der Waals surface area contributed by atoms with Crippen molar-refractivity contribution in [3.05, 3.63) is 97.2 Å². The Morgan fingerprint density at radius 2 is 1.08 bits per heavy atom. The van der Waals surface area contributed by atoms with E-state index < -0.39 is 19.9 Å². The van der Waals surface area contributed by atoms with Crippen LogP contribution in [-0.2, 0) is 27.9 Å². The second-order valence-corrected chi connectivity index (χ2v) is 14.6. The van der Waals surface area contributed by atoms with Gasteiger partial charge in [-0.15, -0.1) is 0 Å². The summed E-state index contributed by atoms with van der Waals surface area (Å²) in [6, 6.07) is 0. The Balaban J connectivity index is 4.50. The fraction of sp³-hybridized carbons (Fsp3) is 0.595. The fourth-order valence-corrected chi connectivity index (χ4v) is 5.00. The molecule has 0 aromatic carbocycles. The Bertz CT molecular complexity index is 1130. The molecule has 0 fully saturated rings. The van der Waals surface area contributed by atoms with Crippen molar-refractivity contribution in [1.82, 2.24) is 0 Å². The van der Waals surface area contributed by atoms with Crippen molar-refractivity contribution in [1.29, 1.82) is 0 Å². The Morgan fingerprint density at radius 3 is 1.57 bits per heavy atom. The van der Waals surface area contributed by atoms with Crippen molar-refractivity contribution in [3.8, 4) is 0 Å². The van der Waals surface area contributed by atoms with E-state index in [2.05, 4.69) is 98.9 Å². The maximum absolute atomic E-state index is 12.6. The van der Waals surface area contributed by atoms with Gasteiger partial charge in [-0.2, -0.15) is 0 Å². The number of quaternary nitrogens is 1. The third kappa shape index (κ3) is 38.5. The summed E-state index contributed by atoms with van der Waals surface area (Å²) in [6.45, 7) is 5.16. The molecular weight excluding hydrogens is 661 g/mol. The van der Waals surface area contributed by atoms with E-state index in [1.807, 2.05) is 33.3 Å². The van der Waals surface area contributed by atoms with Gasteiger partial charge in [0, 0.05) is 13.0 Å². The van der Waals surface area contributed by atoms with Gasteiger partial charge in [0.2, 0.25) is 0 Å². The minimum atomic E-state index is -4.30. The predicted molar refractivity (Wildman–Crippen MR) is 214 cm³/mol. The number of hydrogen-bond acceptors (Lipinski definition) is 6. The van der Waals surface area contributed by atoms with Crippen LogP contribution in [0, 0.1) is 0 Å². The molecule has 0 aliphatic rings. The number of rotatable bonds is 33. The standard InChI is InChI=1S/C42H70NO7P/c1-6-8-10-12-14-16-18-20-21-22-24-26-28-30-32-34-37-47-39-41(40-49-51(45,46)48-38-36-43(3,4)5)50-42(44)35-33-31-29-27-25-23-19-17-15-13-11-9-7-2/h8-11,14-17,20-21,23-26,29,31,41H,6-7,12-13,18-19,22,27-28,30,32-40H2,1-5H3/p+1/b10-8-,11-9-,16-14-,17-15-,21-20-,25-23-,26-24-,31-29-. The Morgan fingerprint density at radius 1 is 0.608 bits per heavy atom. The zero-order valence-electron chi connectivity index (χ0n) is 32.5. The molecule has 0 saturated carbocycles.